The average Bonchev–Trinajstić information content (AvgIpc) is 3.01. The van der Waals surface area contributed by atoms with Gasteiger partial charge in [0.1, 0.15) is 11.6 Å². The maximum atomic E-state index is 12.7. The van der Waals surface area contributed by atoms with Gasteiger partial charge in [-0.2, -0.15) is 11.8 Å². The summed E-state index contributed by atoms with van der Waals surface area (Å²) >= 11 is 10.1. The minimum absolute atomic E-state index is 0.108. The lowest BCUT2D eigenvalue weighted by Crippen LogP contribution is -2.16. The Morgan fingerprint density at radius 1 is 1.32 bits per heavy atom. The molecule has 3 aromatic rings. The molecule has 0 saturated carbocycles. The minimum Gasteiger partial charge on any atom is -0.420 e. The van der Waals surface area contributed by atoms with Gasteiger partial charge in [-0.3, -0.25) is 4.79 Å². The van der Waals surface area contributed by atoms with Crippen molar-refractivity contribution in [2.75, 3.05) is 11.1 Å². The molecule has 2 heterocycles. The second-order valence-electron chi connectivity index (χ2n) is 6.08. The Kier molecular flexibility index (Phi) is 5.24. The van der Waals surface area contributed by atoms with Crippen molar-refractivity contribution < 1.29 is 18.3 Å². The van der Waals surface area contributed by atoms with E-state index in [4.69, 9.17) is 11.6 Å². The van der Waals surface area contributed by atoms with Gasteiger partial charge in [-0.25, -0.2) is 4.98 Å². The van der Waals surface area contributed by atoms with Gasteiger partial charge in [0.2, 0.25) is 0 Å². The van der Waals surface area contributed by atoms with Gasteiger partial charge >= 0.3 is 5.57 Å². The Bertz CT molecular complexity index is 1050. The van der Waals surface area contributed by atoms with Crippen molar-refractivity contribution in [1.82, 2.24) is 9.55 Å². The normalized spacial score (nSPS) is 14.0. The number of amides is 1. The second kappa shape index (κ2) is 7.53. The molecule has 4 rings (SSSR count). The number of nitrogens with zero attached hydrogens (tertiary/aromatic N) is 2. The van der Waals surface area contributed by atoms with Gasteiger partial charge in [0.15, 0.2) is 0 Å². The molecule has 1 aromatic heterocycles. The van der Waals surface area contributed by atoms with Crippen LogP contribution >= 0.6 is 39.3 Å². The van der Waals surface area contributed by atoms with Crippen molar-refractivity contribution in [2.45, 2.75) is 17.9 Å². The topological polar surface area (TPSA) is 56.1 Å². The van der Waals surface area contributed by atoms with E-state index in [1.54, 1.807) is 12.1 Å². The van der Waals surface area contributed by atoms with Crippen LogP contribution in [-0.2, 0) is 12.3 Å². The number of aromatic nitrogens is 2. The number of halogens is 4. The molecule has 0 atom stereocenters. The van der Waals surface area contributed by atoms with Gasteiger partial charge in [0.25, 0.3) is 5.91 Å². The molecule has 0 bridgehead atoms. The lowest BCUT2D eigenvalue weighted by molar-refractivity contribution is -0.0964. The SMILES string of the molecule is O=C(Nc1ccc(OC(F)(F)Cl)cc1)c1cc(Br)c2c(c1)nc1n2CCSC1. The molecular formula is C18H13BrClF2N3O2S. The van der Waals surface area contributed by atoms with Gasteiger partial charge in [0, 0.05) is 39.6 Å². The van der Waals surface area contributed by atoms with E-state index in [9.17, 15) is 13.6 Å². The molecule has 0 unspecified atom stereocenters. The summed E-state index contributed by atoms with van der Waals surface area (Å²) in [7, 11) is 0. The second-order valence-corrected chi connectivity index (χ2v) is 8.48. The number of benzene rings is 2. The summed E-state index contributed by atoms with van der Waals surface area (Å²) in [6, 6.07) is 9.00. The minimum atomic E-state index is -3.78. The van der Waals surface area contributed by atoms with E-state index in [1.165, 1.54) is 24.3 Å². The number of alkyl halides is 3. The largest absolute Gasteiger partial charge is 0.487 e. The Hall–Kier alpha value is -1.84. The average molecular weight is 489 g/mol. The third-order valence-corrected chi connectivity index (χ3v) is 5.79. The molecular weight excluding hydrogens is 476 g/mol. The summed E-state index contributed by atoms with van der Waals surface area (Å²) < 4.78 is 32.5. The number of fused-ring (bicyclic) bond motifs is 3. The van der Waals surface area contributed by atoms with E-state index in [0.717, 1.165) is 39.4 Å². The van der Waals surface area contributed by atoms with Crippen LogP contribution < -0.4 is 10.1 Å². The van der Waals surface area contributed by atoms with Crippen LogP contribution in [0.5, 0.6) is 5.75 Å². The molecule has 5 nitrogen and oxygen atoms in total. The van der Waals surface area contributed by atoms with Crippen LogP contribution in [0.1, 0.15) is 16.2 Å². The molecule has 0 saturated heterocycles. The van der Waals surface area contributed by atoms with Crippen LogP contribution in [0, 0.1) is 0 Å². The fourth-order valence-electron chi connectivity index (χ4n) is 3.01. The van der Waals surface area contributed by atoms with E-state index in [0.29, 0.717) is 11.3 Å². The Morgan fingerprint density at radius 2 is 2.07 bits per heavy atom. The smallest absolute Gasteiger partial charge is 0.420 e. The summed E-state index contributed by atoms with van der Waals surface area (Å²) in [4.78, 5) is 17.3. The van der Waals surface area contributed by atoms with Gasteiger partial charge in [-0.15, -0.1) is 8.78 Å². The molecule has 10 heteroatoms. The van der Waals surface area contributed by atoms with Crippen molar-refractivity contribution in [2.24, 2.45) is 0 Å². The Labute approximate surface area is 176 Å². The zero-order valence-electron chi connectivity index (χ0n) is 14.2. The van der Waals surface area contributed by atoms with E-state index in [2.05, 4.69) is 35.5 Å². The zero-order valence-corrected chi connectivity index (χ0v) is 17.4. The standard InChI is InChI=1S/C18H13BrClF2N3O2S/c19-13-7-10(8-14-16(13)25-5-6-28-9-15(25)24-14)17(26)23-11-1-3-12(4-2-11)27-18(20,21)22/h1-4,7-8H,5-6,9H2,(H,23,26). The molecule has 0 fully saturated rings. The molecule has 1 aliphatic rings. The van der Waals surface area contributed by atoms with Gasteiger partial charge in [-0.1, -0.05) is 0 Å². The van der Waals surface area contributed by atoms with Gasteiger partial charge in [0.05, 0.1) is 16.8 Å². The molecule has 28 heavy (non-hydrogen) atoms. The fraction of sp³-hybridized carbons (Fsp3) is 0.222. The van der Waals surface area contributed by atoms with Crippen LogP contribution in [0.2, 0.25) is 0 Å². The fourth-order valence-corrected chi connectivity index (χ4v) is 4.62. The van der Waals surface area contributed by atoms with Crippen molar-refractivity contribution in [1.29, 1.82) is 0 Å². The number of aryl methyl sites for hydroxylation is 1. The monoisotopic (exact) mass is 487 g/mol. The molecule has 0 aliphatic carbocycles. The summed E-state index contributed by atoms with van der Waals surface area (Å²) in [6.45, 7) is 0.885. The first-order valence-corrected chi connectivity index (χ1v) is 10.6. The molecule has 1 amide bonds. The first-order chi connectivity index (χ1) is 13.3. The first-order valence-electron chi connectivity index (χ1n) is 8.24. The van der Waals surface area contributed by atoms with Crippen LogP contribution in [0.3, 0.4) is 0 Å². The predicted octanol–water partition coefficient (Wildman–Crippen LogP) is 5.47. The van der Waals surface area contributed by atoms with Crippen LogP contribution in [0.4, 0.5) is 14.5 Å². The number of imidazole rings is 1. The quantitative estimate of drug-likeness (QED) is 0.495. The number of rotatable bonds is 4. The predicted molar refractivity (Wildman–Crippen MR) is 109 cm³/mol. The van der Waals surface area contributed by atoms with Crippen molar-refractivity contribution in [3.8, 4) is 5.75 Å². The van der Waals surface area contributed by atoms with E-state index >= 15 is 0 Å². The lowest BCUT2D eigenvalue weighted by atomic mass is 10.1. The summed E-state index contributed by atoms with van der Waals surface area (Å²) in [5.41, 5.74) is -1.17. The lowest BCUT2D eigenvalue weighted by Gasteiger charge is -2.14. The molecule has 1 N–H and O–H groups in total. The van der Waals surface area contributed by atoms with Crippen molar-refractivity contribution >= 4 is 61.9 Å². The highest BCUT2D eigenvalue weighted by atomic mass is 79.9. The summed E-state index contributed by atoms with van der Waals surface area (Å²) in [5.74, 6) is 2.43. The maximum absolute atomic E-state index is 12.7. The molecule has 0 spiro atoms. The number of thioether (sulfide) groups is 1. The number of carbonyl (C=O) groups excluding carboxylic acids is 1. The van der Waals surface area contributed by atoms with Crippen LogP contribution in [0.15, 0.2) is 40.9 Å². The Balaban J connectivity index is 1.56. The van der Waals surface area contributed by atoms with Crippen molar-refractivity contribution in [3.63, 3.8) is 0 Å². The third kappa shape index (κ3) is 4.11. The van der Waals surface area contributed by atoms with Crippen molar-refractivity contribution in [3.05, 3.63) is 52.3 Å². The van der Waals surface area contributed by atoms with Gasteiger partial charge < -0.3 is 14.6 Å². The zero-order chi connectivity index (χ0) is 19.9. The molecule has 146 valence electrons. The number of anilines is 1. The number of hydrogen-bond donors (Lipinski definition) is 1. The van der Waals surface area contributed by atoms with Crippen LogP contribution in [-0.4, -0.2) is 26.8 Å². The van der Waals surface area contributed by atoms with E-state index < -0.39 is 5.57 Å². The number of nitrogens with one attached hydrogen (secondary N) is 1. The third-order valence-electron chi connectivity index (χ3n) is 4.17. The maximum Gasteiger partial charge on any atom is 0.487 e. The summed E-state index contributed by atoms with van der Waals surface area (Å²) in [6.07, 6.45) is 0. The highest BCUT2D eigenvalue weighted by Gasteiger charge is 2.27. The number of ether oxygens (including phenoxy) is 1. The molecule has 0 radical (unpaired) electrons. The summed E-state index contributed by atoms with van der Waals surface area (Å²) in [5, 5.41) is 2.73. The molecule has 1 aliphatic heterocycles. The highest BCUT2D eigenvalue weighted by Crippen LogP contribution is 2.31. The van der Waals surface area contributed by atoms with E-state index in [1.807, 2.05) is 11.8 Å². The highest BCUT2D eigenvalue weighted by molar-refractivity contribution is 9.10. The number of hydrogen-bond acceptors (Lipinski definition) is 4. The Morgan fingerprint density at radius 3 is 2.79 bits per heavy atom. The first kappa shape index (κ1) is 19.5. The molecule has 2 aromatic carbocycles. The van der Waals surface area contributed by atoms with Gasteiger partial charge in [-0.05, 0) is 52.3 Å². The number of carbonyl (C=O) groups is 1. The van der Waals surface area contributed by atoms with Crippen LogP contribution in [0.25, 0.3) is 11.0 Å². The van der Waals surface area contributed by atoms with E-state index in [-0.39, 0.29) is 11.7 Å².